The first-order valence-electron chi connectivity index (χ1n) is 6.21. The number of allylic oxidation sites excluding steroid dienone is 1. The average Bonchev–Trinajstić information content (AvgIpc) is 2.88. The number of benzene rings is 1. The summed E-state index contributed by atoms with van der Waals surface area (Å²) >= 11 is 0. The Labute approximate surface area is 112 Å². The van der Waals surface area contributed by atoms with Gasteiger partial charge in [0, 0.05) is 30.1 Å². The van der Waals surface area contributed by atoms with Gasteiger partial charge in [-0.3, -0.25) is 0 Å². The number of hydrogen-bond donors (Lipinski definition) is 1. The van der Waals surface area contributed by atoms with Gasteiger partial charge in [0.15, 0.2) is 0 Å². The van der Waals surface area contributed by atoms with Gasteiger partial charge in [0.2, 0.25) is 0 Å². The maximum atomic E-state index is 11.0. The fourth-order valence-corrected chi connectivity index (χ4v) is 1.90. The lowest BCUT2D eigenvalue weighted by molar-refractivity contribution is -0.132. The molecule has 0 aliphatic carbocycles. The van der Waals surface area contributed by atoms with E-state index in [-0.39, 0.29) is 0 Å². The molecule has 0 aliphatic rings. The van der Waals surface area contributed by atoms with Gasteiger partial charge in [-0.05, 0) is 6.42 Å². The van der Waals surface area contributed by atoms with Gasteiger partial charge in [0.1, 0.15) is 5.82 Å². The number of aliphatic carboxylic acids is 1. The lowest BCUT2D eigenvalue weighted by Gasteiger charge is -2.06. The molecule has 0 bridgehead atoms. The number of rotatable bonds is 5. The van der Waals surface area contributed by atoms with Crippen LogP contribution < -0.4 is 0 Å². The van der Waals surface area contributed by atoms with Crippen LogP contribution in [0.4, 0.5) is 0 Å². The van der Waals surface area contributed by atoms with E-state index in [1.807, 2.05) is 48.0 Å². The second-order valence-electron chi connectivity index (χ2n) is 4.16. The van der Waals surface area contributed by atoms with Crippen LogP contribution in [0, 0.1) is 0 Å². The third-order valence-electron chi connectivity index (χ3n) is 2.94. The maximum Gasteiger partial charge on any atom is 0.331 e. The fraction of sp³-hybridized carbons (Fsp3) is 0.200. The van der Waals surface area contributed by atoms with E-state index in [0.717, 1.165) is 11.4 Å². The van der Waals surface area contributed by atoms with Gasteiger partial charge in [0.05, 0.1) is 0 Å². The minimum absolute atomic E-state index is 0.424. The van der Waals surface area contributed by atoms with E-state index in [2.05, 4.69) is 4.98 Å². The molecule has 1 aromatic carbocycles. The molecule has 0 spiro atoms. The molecule has 4 nitrogen and oxygen atoms in total. The predicted molar refractivity (Wildman–Crippen MR) is 73.7 cm³/mol. The summed E-state index contributed by atoms with van der Waals surface area (Å²) in [6.45, 7) is 2.35. The van der Waals surface area contributed by atoms with E-state index in [0.29, 0.717) is 18.5 Å². The quantitative estimate of drug-likeness (QED) is 0.837. The fourth-order valence-electron chi connectivity index (χ4n) is 1.90. The summed E-state index contributed by atoms with van der Waals surface area (Å²) in [5.74, 6) is -0.0124. The van der Waals surface area contributed by atoms with Crippen LogP contribution in [0.1, 0.15) is 13.3 Å². The summed E-state index contributed by atoms with van der Waals surface area (Å²) in [7, 11) is 0. The number of aromatic nitrogens is 2. The second kappa shape index (κ2) is 6.00. The van der Waals surface area contributed by atoms with Gasteiger partial charge < -0.3 is 9.67 Å². The van der Waals surface area contributed by atoms with Crippen molar-refractivity contribution in [2.45, 2.75) is 19.9 Å². The molecule has 98 valence electrons. The van der Waals surface area contributed by atoms with Crippen LogP contribution in [0.5, 0.6) is 0 Å². The second-order valence-corrected chi connectivity index (χ2v) is 4.16. The van der Waals surface area contributed by atoms with Crippen LogP contribution in [0.3, 0.4) is 0 Å². The molecule has 0 amide bonds. The number of nitrogens with zero attached hydrogens (tertiary/aromatic N) is 2. The zero-order valence-corrected chi connectivity index (χ0v) is 10.8. The molecule has 1 N–H and O–H groups in total. The number of carboxylic acid groups (broad SMARTS) is 1. The normalized spacial score (nSPS) is 11.5. The first kappa shape index (κ1) is 13.1. The molecule has 2 rings (SSSR count). The highest BCUT2D eigenvalue weighted by Gasteiger charge is 2.06. The monoisotopic (exact) mass is 256 g/mol. The molecule has 1 heterocycles. The minimum Gasteiger partial charge on any atom is -0.478 e. The minimum atomic E-state index is -0.858. The molecular weight excluding hydrogens is 240 g/mol. The number of carboxylic acids is 1. The molecule has 0 radical (unpaired) electrons. The highest BCUT2D eigenvalue weighted by atomic mass is 16.4. The van der Waals surface area contributed by atoms with Crippen LogP contribution in [0.2, 0.25) is 0 Å². The van der Waals surface area contributed by atoms with Crippen molar-refractivity contribution in [3.8, 4) is 11.4 Å². The first-order chi connectivity index (χ1) is 9.22. The van der Waals surface area contributed by atoms with Crippen molar-refractivity contribution in [3.05, 3.63) is 54.4 Å². The van der Waals surface area contributed by atoms with Gasteiger partial charge in [-0.1, -0.05) is 43.3 Å². The first-order valence-corrected chi connectivity index (χ1v) is 6.21. The largest absolute Gasteiger partial charge is 0.478 e. The van der Waals surface area contributed by atoms with E-state index < -0.39 is 5.97 Å². The summed E-state index contributed by atoms with van der Waals surface area (Å²) in [6.07, 6.45) is 5.83. The third kappa shape index (κ3) is 3.10. The van der Waals surface area contributed by atoms with Gasteiger partial charge in [-0.25, -0.2) is 9.78 Å². The average molecular weight is 256 g/mol. The molecule has 19 heavy (non-hydrogen) atoms. The number of hydrogen-bond acceptors (Lipinski definition) is 2. The Kier molecular flexibility index (Phi) is 4.13. The lowest BCUT2D eigenvalue weighted by atomic mass is 10.2. The van der Waals surface area contributed by atoms with Gasteiger partial charge in [0.25, 0.3) is 0 Å². The van der Waals surface area contributed by atoms with Crippen LogP contribution >= 0.6 is 0 Å². The smallest absolute Gasteiger partial charge is 0.331 e. The molecule has 1 aromatic heterocycles. The van der Waals surface area contributed by atoms with Gasteiger partial charge in [-0.15, -0.1) is 0 Å². The van der Waals surface area contributed by atoms with Crippen molar-refractivity contribution < 1.29 is 9.90 Å². The van der Waals surface area contributed by atoms with Crippen LogP contribution in [-0.4, -0.2) is 20.6 Å². The molecular formula is C15H16N2O2. The molecule has 2 aromatic rings. The summed E-state index contributed by atoms with van der Waals surface area (Å²) in [5.41, 5.74) is 1.45. The Bertz CT molecular complexity index is 585. The van der Waals surface area contributed by atoms with Crippen molar-refractivity contribution in [1.82, 2.24) is 9.55 Å². The Balaban J connectivity index is 2.24. The summed E-state index contributed by atoms with van der Waals surface area (Å²) in [5, 5.41) is 9.00. The highest BCUT2D eigenvalue weighted by molar-refractivity contribution is 5.86. The zero-order valence-electron chi connectivity index (χ0n) is 10.8. The van der Waals surface area contributed by atoms with Crippen LogP contribution in [-0.2, 0) is 11.3 Å². The number of carbonyl (C=O) groups is 1. The van der Waals surface area contributed by atoms with Crippen LogP contribution in [0.15, 0.2) is 54.4 Å². The third-order valence-corrected chi connectivity index (χ3v) is 2.94. The maximum absolute atomic E-state index is 11.0. The molecule has 4 heteroatoms. The Hall–Kier alpha value is -2.36. The molecule has 0 fully saturated rings. The van der Waals surface area contributed by atoms with Crippen molar-refractivity contribution in [2.75, 3.05) is 0 Å². The van der Waals surface area contributed by atoms with Crippen molar-refractivity contribution in [1.29, 1.82) is 0 Å². The Morgan fingerprint density at radius 3 is 2.74 bits per heavy atom. The Morgan fingerprint density at radius 1 is 1.37 bits per heavy atom. The van der Waals surface area contributed by atoms with E-state index in [9.17, 15) is 4.79 Å². The van der Waals surface area contributed by atoms with Crippen molar-refractivity contribution >= 4 is 5.97 Å². The summed E-state index contributed by atoms with van der Waals surface area (Å²) in [6, 6.07) is 9.84. The van der Waals surface area contributed by atoms with E-state index >= 15 is 0 Å². The molecule has 0 saturated heterocycles. The van der Waals surface area contributed by atoms with E-state index in [1.54, 1.807) is 12.3 Å². The van der Waals surface area contributed by atoms with E-state index in [1.165, 1.54) is 0 Å². The predicted octanol–water partition coefficient (Wildman–Crippen LogP) is 2.97. The molecule has 0 atom stereocenters. The molecule has 0 aliphatic heterocycles. The molecule has 0 saturated carbocycles. The molecule has 0 unspecified atom stereocenters. The van der Waals surface area contributed by atoms with Gasteiger partial charge >= 0.3 is 5.97 Å². The summed E-state index contributed by atoms with van der Waals surface area (Å²) in [4.78, 5) is 15.3. The Morgan fingerprint density at radius 2 is 2.11 bits per heavy atom. The zero-order chi connectivity index (χ0) is 13.7. The topological polar surface area (TPSA) is 55.1 Å². The lowest BCUT2D eigenvalue weighted by Crippen LogP contribution is -2.03. The van der Waals surface area contributed by atoms with Crippen molar-refractivity contribution in [3.63, 3.8) is 0 Å². The van der Waals surface area contributed by atoms with Crippen molar-refractivity contribution in [2.24, 2.45) is 0 Å². The van der Waals surface area contributed by atoms with Gasteiger partial charge in [-0.2, -0.15) is 0 Å². The SMILES string of the molecule is CCC(=CCn1ccnc1-c1ccccc1)C(=O)O. The standard InChI is InChI=1S/C15H16N2O2/c1-2-12(15(18)19)8-10-17-11-9-16-14(17)13-6-4-3-5-7-13/h3-9,11H,2,10H2,1H3,(H,18,19). The number of imidazole rings is 1. The summed E-state index contributed by atoms with van der Waals surface area (Å²) < 4.78 is 1.94. The van der Waals surface area contributed by atoms with E-state index in [4.69, 9.17) is 5.11 Å². The highest BCUT2D eigenvalue weighted by Crippen LogP contribution is 2.17. The van der Waals surface area contributed by atoms with Crippen LogP contribution in [0.25, 0.3) is 11.4 Å².